The van der Waals surface area contributed by atoms with Gasteiger partial charge in [0.25, 0.3) is 0 Å². The summed E-state index contributed by atoms with van der Waals surface area (Å²) in [5, 5.41) is 59.1. The Morgan fingerprint density at radius 1 is 0.610 bits per heavy atom. The van der Waals surface area contributed by atoms with Crippen molar-refractivity contribution in [2.75, 3.05) is 13.2 Å². The summed E-state index contributed by atoms with van der Waals surface area (Å²) in [5.41, 5.74) is 0. The maximum absolute atomic E-state index is 12.8. The molecule has 1 rings (SSSR count). The fourth-order valence-electron chi connectivity index (χ4n) is 6.79. The molecular formula is C43H79O15P. The van der Waals surface area contributed by atoms with E-state index in [0.29, 0.717) is 12.8 Å². The number of ether oxygens (including phenoxy) is 2. The number of phosphoric acid groups is 1. The van der Waals surface area contributed by atoms with Crippen LogP contribution in [0.3, 0.4) is 0 Å². The highest BCUT2D eigenvalue weighted by Gasteiger charge is 2.51. The summed E-state index contributed by atoms with van der Waals surface area (Å²) in [6, 6.07) is 0. The van der Waals surface area contributed by atoms with Crippen LogP contribution in [0.15, 0.2) is 24.3 Å². The Morgan fingerprint density at radius 3 is 1.63 bits per heavy atom. The summed E-state index contributed by atoms with van der Waals surface area (Å²) < 4.78 is 33.4. The Bertz CT molecular complexity index is 1150. The van der Waals surface area contributed by atoms with Crippen LogP contribution in [-0.2, 0) is 37.6 Å². The molecule has 7 N–H and O–H groups in total. The Hall–Kier alpha value is -1.75. The van der Waals surface area contributed by atoms with Crippen LogP contribution >= 0.6 is 7.82 Å². The van der Waals surface area contributed by atoms with Gasteiger partial charge in [0.05, 0.1) is 6.61 Å². The zero-order valence-corrected chi connectivity index (χ0v) is 36.8. The van der Waals surface area contributed by atoms with Crippen LogP contribution in [-0.4, -0.2) is 110 Å². The lowest BCUT2D eigenvalue weighted by atomic mass is 9.85. The highest BCUT2D eigenvalue weighted by molar-refractivity contribution is 7.47. The van der Waals surface area contributed by atoms with Crippen LogP contribution in [0.25, 0.3) is 0 Å². The minimum absolute atomic E-state index is 0.0479. The predicted octanol–water partition coefficient (Wildman–Crippen LogP) is 7.52. The second kappa shape index (κ2) is 34.8. The molecule has 16 heteroatoms. The number of carbonyl (C=O) groups excluding carboxylic acids is 2. The number of phosphoric ester groups is 1. The standard InChI is InChI=1S/C43H79O15P/c1-3-5-7-8-9-10-11-12-13-16-19-22-26-30-36(44)54-32-35(33-55-59(52,53)58-43-41(49)39(47)38(46)40(48)42(43)50)56-37(45)31-27-23-20-17-14-15-18-21-25-29-34(57-51)28-24-6-4-2/h18,21,25,29,34-35,38-43,46-51H,3-17,19-20,22-24,26-28,30-33H2,1-2H3,(H,52,53)/b21-18-,29-25+. The van der Waals surface area contributed by atoms with E-state index < -0.39 is 75.7 Å². The van der Waals surface area contributed by atoms with Crippen molar-refractivity contribution in [2.24, 2.45) is 0 Å². The van der Waals surface area contributed by atoms with Crippen molar-refractivity contribution in [1.29, 1.82) is 0 Å². The third-order valence-corrected chi connectivity index (χ3v) is 11.5. The predicted molar refractivity (Wildman–Crippen MR) is 224 cm³/mol. The van der Waals surface area contributed by atoms with Gasteiger partial charge in [0.2, 0.25) is 0 Å². The van der Waals surface area contributed by atoms with Crippen LogP contribution in [0, 0.1) is 0 Å². The fraction of sp³-hybridized carbons (Fsp3) is 0.860. The summed E-state index contributed by atoms with van der Waals surface area (Å²) in [6.07, 6.45) is 18.3. The summed E-state index contributed by atoms with van der Waals surface area (Å²) in [7, 11) is -5.13. The molecule has 0 saturated heterocycles. The molecule has 0 spiro atoms. The number of allylic oxidation sites excluding steroid dienone is 3. The monoisotopic (exact) mass is 867 g/mol. The highest BCUT2D eigenvalue weighted by atomic mass is 31.2. The molecule has 1 aliphatic carbocycles. The average Bonchev–Trinajstić information content (AvgIpc) is 3.22. The van der Waals surface area contributed by atoms with Crippen LogP contribution in [0.1, 0.15) is 174 Å². The molecule has 0 amide bonds. The third kappa shape index (κ3) is 27.0. The number of aliphatic hydroxyl groups is 5. The number of rotatable bonds is 37. The lowest BCUT2D eigenvalue weighted by Crippen LogP contribution is -2.64. The molecule has 59 heavy (non-hydrogen) atoms. The molecule has 1 fully saturated rings. The minimum Gasteiger partial charge on any atom is -0.462 e. The number of unbranched alkanes of at least 4 members (excludes halogenated alkanes) is 19. The van der Waals surface area contributed by atoms with Gasteiger partial charge in [0, 0.05) is 12.8 Å². The summed E-state index contributed by atoms with van der Waals surface area (Å²) >= 11 is 0. The SMILES string of the molecule is CCCCCCCCCCCCCCCC(=O)OCC(COP(=O)(O)OC1C(O)C(O)C(O)C(O)C1O)OC(=O)CCCCCCC/C=C\C=C\C(CCCCC)OO. The first kappa shape index (κ1) is 55.3. The van der Waals surface area contributed by atoms with Gasteiger partial charge in [-0.1, -0.05) is 154 Å². The molecule has 1 aliphatic rings. The van der Waals surface area contributed by atoms with Crippen LogP contribution < -0.4 is 0 Å². The number of hydrogen-bond donors (Lipinski definition) is 7. The summed E-state index contributed by atoms with van der Waals surface area (Å²) in [5.74, 6) is -1.16. The molecule has 0 aliphatic heterocycles. The van der Waals surface area contributed by atoms with E-state index in [0.717, 1.165) is 77.0 Å². The van der Waals surface area contributed by atoms with E-state index in [9.17, 15) is 44.6 Å². The van der Waals surface area contributed by atoms with Gasteiger partial charge in [0.1, 0.15) is 49.3 Å². The first-order valence-corrected chi connectivity index (χ1v) is 23.9. The van der Waals surface area contributed by atoms with Crippen molar-refractivity contribution in [3.8, 4) is 0 Å². The zero-order valence-electron chi connectivity index (χ0n) is 35.9. The first-order valence-electron chi connectivity index (χ1n) is 22.4. The maximum Gasteiger partial charge on any atom is 0.472 e. The number of aliphatic hydroxyl groups excluding tert-OH is 5. The summed E-state index contributed by atoms with van der Waals surface area (Å²) in [6.45, 7) is 3.12. The average molecular weight is 867 g/mol. The Labute approximate surface area is 353 Å². The van der Waals surface area contributed by atoms with E-state index in [4.69, 9.17) is 23.8 Å². The second-order valence-corrected chi connectivity index (χ2v) is 17.2. The van der Waals surface area contributed by atoms with Gasteiger partial charge in [-0.05, 0) is 32.1 Å². The Morgan fingerprint density at radius 2 is 1.08 bits per heavy atom. The zero-order chi connectivity index (χ0) is 43.7. The molecule has 7 unspecified atom stereocenters. The molecule has 0 heterocycles. The van der Waals surface area contributed by atoms with Crippen LogP contribution in [0.2, 0.25) is 0 Å². The smallest absolute Gasteiger partial charge is 0.462 e. The number of esters is 2. The largest absolute Gasteiger partial charge is 0.472 e. The first-order chi connectivity index (χ1) is 28.4. The van der Waals surface area contributed by atoms with E-state index in [-0.39, 0.29) is 18.9 Å². The van der Waals surface area contributed by atoms with Gasteiger partial charge in [-0.25, -0.2) is 9.45 Å². The van der Waals surface area contributed by atoms with Crippen molar-refractivity contribution in [1.82, 2.24) is 0 Å². The molecule has 0 aromatic rings. The molecule has 0 aromatic heterocycles. The van der Waals surface area contributed by atoms with E-state index >= 15 is 0 Å². The lowest BCUT2D eigenvalue weighted by molar-refractivity contribution is -0.267. The molecular weight excluding hydrogens is 787 g/mol. The number of hydrogen-bond acceptors (Lipinski definition) is 14. The van der Waals surface area contributed by atoms with E-state index in [1.54, 1.807) is 0 Å². The van der Waals surface area contributed by atoms with Gasteiger partial charge >= 0.3 is 19.8 Å². The van der Waals surface area contributed by atoms with Crippen molar-refractivity contribution >= 4 is 19.8 Å². The highest BCUT2D eigenvalue weighted by Crippen LogP contribution is 2.47. The molecule has 0 aromatic carbocycles. The van der Waals surface area contributed by atoms with E-state index in [2.05, 4.69) is 24.8 Å². The van der Waals surface area contributed by atoms with Crippen molar-refractivity contribution in [2.45, 2.75) is 223 Å². The second-order valence-electron chi connectivity index (χ2n) is 15.8. The maximum atomic E-state index is 12.8. The molecule has 7 atom stereocenters. The van der Waals surface area contributed by atoms with Gasteiger partial charge in [-0.15, -0.1) is 0 Å². The van der Waals surface area contributed by atoms with Gasteiger partial charge in [-0.2, -0.15) is 0 Å². The van der Waals surface area contributed by atoms with Crippen molar-refractivity contribution in [3.63, 3.8) is 0 Å². The van der Waals surface area contributed by atoms with Crippen LogP contribution in [0.4, 0.5) is 0 Å². The lowest BCUT2D eigenvalue weighted by Gasteiger charge is -2.41. The van der Waals surface area contributed by atoms with E-state index in [1.807, 2.05) is 18.2 Å². The van der Waals surface area contributed by atoms with Crippen molar-refractivity contribution in [3.05, 3.63) is 24.3 Å². The molecule has 346 valence electrons. The fourth-order valence-corrected chi connectivity index (χ4v) is 7.77. The van der Waals surface area contributed by atoms with Gasteiger partial charge < -0.3 is 39.9 Å². The Kier molecular flexibility index (Phi) is 32.6. The molecule has 0 bridgehead atoms. The summed E-state index contributed by atoms with van der Waals surface area (Å²) in [4.78, 5) is 40.1. The minimum atomic E-state index is -5.13. The normalized spacial score (nSPS) is 23.1. The van der Waals surface area contributed by atoms with Crippen LogP contribution in [0.5, 0.6) is 0 Å². The number of carbonyl (C=O) groups is 2. The molecule has 15 nitrogen and oxygen atoms in total. The molecule has 1 saturated carbocycles. The van der Waals surface area contributed by atoms with Gasteiger partial charge in [0.15, 0.2) is 6.10 Å². The van der Waals surface area contributed by atoms with E-state index in [1.165, 1.54) is 57.8 Å². The topological polar surface area (TPSA) is 239 Å². The quantitative estimate of drug-likeness (QED) is 0.00798. The third-order valence-electron chi connectivity index (χ3n) is 10.5. The Balaban J connectivity index is 2.52. The molecule has 0 radical (unpaired) electrons. The van der Waals surface area contributed by atoms with Gasteiger partial charge in [-0.3, -0.25) is 23.9 Å². The van der Waals surface area contributed by atoms with Crippen molar-refractivity contribution < 1.29 is 73.2 Å².